The number of aryl methyl sites for hydroxylation is 2. The number of rotatable bonds is 5. The van der Waals surface area contributed by atoms with Crippen molar-refractivity contribution in [1.82, 2.24) is 9.88 Å². The van der Waals surface area contributed by atoms with Crippen LogP contribution in [0.4, 0.5) is 9.39 Å². The zero-order valence-electron chi connectivity index (χ0n) is 20.3. The first-order valence-corrected chi connectivity index (χ1v) is 13.8. The summed E-state index contributed by atoms with van der Waals surface area (Å²) < 4.78 is 16.1. The third-order valence-electron chi connectivity index (χ3n) is 7.27. The number of halogens is 2. The van der Waals surface area contributed by atoms with E-state index in [0.29, 0.717) is 0 Å². The van der Waals surface area contributed by atoms with Crippen molar-refractivity contribution in [2.24, 2.45) is 4.99 Å². The highest BCUT2D eigenvalue weighted by atomic mass is 35.5. The van der Waals surface area contributed by atoms with E-state index in [1.807, 2.05) is 36.8 Å². The molecule has 1 fully saturated rings. The summed E-state index contributed by atoms with van der Waals surface area (Å²) in [6.07, 6.45) is 11.9. The van der Waals surface area contributed by atoms with Crippen LogP contribution in [0, 0.1) is 19.7 Å². The van der Waals surface area contributed by atoms with Gasteiger partial charge in [0.25, 0.3) is 5.91 Å². The quantitative estimate of drug-likeness (QED) is 0.351. The SMILES string of the molecule is Cc1cc(/C=N/c2sc3c(c2C(=O)NC2CCCCC2)CCCC3)c(C)n1-c1ccc(Cl)c(F)c1. The van der Waals surface area contributed by atoms with E-state index in [4.69, 9.17) is 16.6 Å². The number of aromatic nitrogens is 1. The number of hydrogen-bond donors (Lipinski definition) is 1. The van der Waals surface area contributed by atoms with E-state index in [-0.39, 0.29) is 17.0 Å². The fraction of sp³-hybridized carbons (Fsp3) is 0.429. The summed E-state index contributed by atoms with van der Waals surface area (Å²) in [5, 5.41) is 4.22. The van der Waals surface area contributed by atoms with Crippen molar-refractivity contribution >= 4 is 40.1 Å². The molecule has 35 heavy (non-hydrogen) atoms. The summed E-state index contributed by atoms with van der Waals surface area (Å²) in [5.74, 6) is -0.407. The lowest BCUT2D eigenvalue weighted by molar-refractivity contribution is 0.0927. The molecule has 0 atom stereocenters. The fourth-order valence-electron chi connectivity index (χ4n) is 5.45. The summed E-state index contributed by atoms with van der Waals surface area (Å²) in [6, 6.07) is 7.15. The van der Waals surface area contributed by atoms with Gasteiger partial charge in [0.15, 0.2) is 0 Å². The molecule has 7 heteroatoms. The third-order valence-corrected chi connectivity index (χ3v) is 8.78. The molecule has 0 bridgehead atoms. The minimum Gasteiger partial charge on any atom is -0.349 e. The second-order valence-electron chi connectivity index (χ2n) is 9.72. The number of thiophene rings is 1. The number of hydrogen-bond acceptors (Lipinski definition) is 3. The number of aliphatic imine (C=N–C) groups is 1. The second-order valence-corrected chi connectivity index (χ2v) is 11.2. The summed E-state index contributed by atoms with van der Waals surface area (Å²) in [6.45, 7) is 3.99. The van der Waals surface area contributed by atoms with Crippen LogP contribution in [0.15, 0.2) is 29.3 Å². The molecule has 2 heterocycles. The molecule has 184 valence electrons. The molecule has 2 aliphatic carbocycles. The van der Waals surface area contributed by atoms with Crippen LogP contribution in [0.25, 0.3) is 5.69 Å². The summed E-state index contributed by atoms with van der Waals surface area (Å²) >= 11 is 7.54. The number of nitrogens with one attached hydrogen (secondary N) is 1. The van der Waals surface area contributed by atoms with Crippen molar-refractivity contribution in [2.75, 3.05) is 0 Å². The Kier molecular flexibility index (Phi) is 7.12. The average molecular weight is 512 g/mol. The van der Waals surface area contributed by atoms with Crippen LogP contribution in [-0.4, -0.2) is 22.7 Å². The molecule has 1 amide bonds. The molecule has 4 nitrogen and oxygen atoms in total. The van der Waals surface area contributed by atoms with Crippen molar-refractivity contribution in [3.05, 3.63) is 68.1 Å². The molecule has 5 rings (SSSR count). The van der Waals surface area contributed by atoms with Gasteiger partial charge in [0.2, 0.25) is 0 Å². The summed E-state index contributed by atoms with van der Waals surface area (Å²) in [7, 11) is 0. The topological polar surface area (TPSA) is 46.4 Å². The molecule has 1 aromatic carbocycles. The van der Waals surface area contributed by atoms with Gasteiger partial charge in [0.1, 0.15) is 10.8 Å². The van der Waals surface area contributed by atoms with Gasteiger partial charge < -0.3 is 9.88 Å². The highest BCUT2D eigenvalue weighted by Gasteiger charge is 2.27. The number of carbonyl (C=O) groups is 1. The minimum absolute atomic E-state index is 0.0329. The summed E-state index contributed by atoms with van der Waals surface area (Å²) in [4.78, 5) is 19.6. The average Bonchev–Trinajstić information content (AvgIpc) is 3.36. The maximum Gasteiger partial charge on any atom is 0.254 e. The molecular weight excluding hydrogens is 481 g/mol. The Balaban J connectivity index is 1.46. The predicted octanol–water partition coefficient (Wildman–Crippen LogP) is 7.64. The van der Waals surface area contributed by atoms with Crippen LogP contribution in [0.1, 0.15) is 82.7 Å². The van der Waals surface area contributed by atoms with E-state index >= 15 is 0 Å². The van der Waals surface area contributed by atoms with Gasteiger partial charge in [-0.05, 0) is 82.2 Å². The van der Waals surface area contributed by atoms with Crippen LogP contribution in [0.2, 0.25) is 5.02 Å². The predicted molar refractivity (Wildman–Crippen MR) is 143 cm³/mol. The Hall–Kier alpha value is -2.44. The van der Waals surface area contributed by atoms with Gasteiger partial charge in [0, 0.05) is 39.8 Å². The number of amides is 1. The Morgan fingerprint density at radius 3 is 2.69 bits per heavy atom. The molecule has 0 aliphatic heterocycles. The lowest BCUT2D eigenvalue weighted by Gasteiger charge is -2.23. The van der Waals surface area contributed by atoms with Crippen molar-refractivity contribution in [3.8, 4) is 5.69 Å². The normalized spacial score (nSPS) is 16.6. The third kappa shape index (κ3) is 4.96. The van der Waals surface area contributed by atoms with Gasteiger partial charge in [-0.3, -0.25) is 4.79 Å². The van der Waals surface area contributed by atoms with Crippen molar-refractivity contribution < 1.29 is 9.18 Å². The number of nitrogens with zero attached hydrogens (tertiary/aromatic N) is 2. The summed E-state index contributed by atoms with van der Waals surface area (Å²) in [5.41, 5.74) is 5.58. The standard InChI is InChI=1S/C28H31ClFN3OS/c1-17-14-19(18(2)33(17)21-12-13-23(29)24(30)15-21)16-31-28-26(22-10-6-7-11-25(22)35-28)27(34)32-20-8-4-3-5-9-20/h12-16,20H,3-11H2,1-2H3,(H,32,34)/b31-16+. The first-order chi connectivity index (χ1) is 16.9. The van der Waals surface area contributed by atoms with Gasteiger partial charge in [0.05, 0.1) is 10.6 Å². The van der Waals surface area contributed by atoms with E-state index in [1.54, 1.807) is 17.4 Å². The second kappa shape index (κ2) is 10.3. The van der Waals surface area contributed by atoms with Crippen LogP contribution in [0.5, 0.6) is 0 Å². The minimum atomic E-state index is -0.440. The van der Waals surface area contributed by atoms with E-state index in [1.165, 1.54) is 42.2 Å². The highest BCUT2D eigenvalue weighted by Crippen LogP contribution is 2.40. The Morgan fingerprint density at radius 1 is 1.14 bits per heavy atom. The van der Waals surface area contributed by atoms with Crippen molar-refractivity contribution in [3.63, 3.8) is 0 Å². The molecule has 1 saturated carbocycles. The van der Waals surface area contributed by atoms with Crippen LogP contribution in [0.3, 0.4) is 0 Å². The van der Waals surface area contributed by atoms with Crippen LogP contribution < -0.4 is 5.32 Å². The van der Waals surface area contributed by atoms with Gasteiger partial charge in [-0.15, -0.1) is 11.3 Å². The largest absolute Gasteiger partial charge is 0.349 e. The van der Waals surface area contributed by atoms with Crippen LogP contribution >= 0.6 is 22.9 Å². The van der Waals surface area contributed by atoms with Gasteiger partial charge in [-0.25, -0.2) is 9.38 Å². The van der Waals surface area contributed by atoms with Gasteiger partial charge >= 0.3 is 0 Å². The van der Waals surface area contributed by atoms with E-state index in [9.17, 15) is 9.18 Å². The lowest BCUT2D eigenvalue weighted by Crippen LogP contribution is -2.36. The number of carbonyl (C=O) groups excluding carboxylic acids is 1. The molecule has 0 spiro atoms. The van der Waals surface area contributed by atoms with E-state index in [2.05, 4.69) is 5.32 Å². The molecule has 3 aromatic rings. The van der Waals surface area contributed by atoms with E-state index < -0.39 is 5.82 Å². The maximum absolute atomic E-state index is 14.1. The first-order valence-electron chi connectivity index (χ1n) is 12.6. The molecular formula is C28H31ClFN3OS. The van der Waals surface area contributed by atoms with Crippen molar-refractivity contribution in [1.29, 1.82) is 0 Å². The zero-order valence-corrected chi connectivity index (χ0v) is 21.9. The monoisotopic (exact) mass is 511 g/mol. The number of benzene rings is 1. The maximum atomic E-state index is 14.1. The molecule has 0 radical (unpaired) electrons. The number of fused-ring (bicyclic) bond motifs is 1. The molecule has 1 N–H and O–H groups in total. The molecule has 2 aliphatic rings. The molecule has 0 saturated heterocycles. The van der Waals surface area contributed by atoms with Crippen LogP contribution in [-0.2, 0) is 12.8 Å². The van der Waals surface area contributed by atoms with Crippen molar-refractivity contribution in [2.45, 2.75) is 77.7 Å². The fourth-order valence-corrected chi connectivity index (χ4v) is 6.80. The molecule has 0 unspecified atom stereocenters. The molecule has 2 aromatic heterocycles. The van der Waals surface area contributed by atoms with Gasteiger partial charge in [-0.2, -0.15) is 0 Å². The van der Waals surface area contributed by atoms with Gasteiger partial charge in [-0.1, -0.05) is 30.9 Å². The Morgan fingerprint density at radius 2 is 1.91 bits per heavy atom. The zero-order chi connectivity index (χ0) is 24.5. The highest BCUT2D eigenvalue weighted by molar-refractivity contribution is 7.16. The Bertz CT molecular complexity index is 1290. The van der Waals surface area contributed by atoms with E-state index in [0.717, 1.165) is 65.3 Å². The Labute approximate surface area is 215 Å². The first kappa shape index (κ1) is 24.3. The smallest absolute Gasteiger partial charge is 0.254 e. The lowest BCUT2D eigenvalue weighted by atomic mass is 9.93.